The molecule has 1 unspecified atom stereocenters. The van der Waals surface area contributed by atoms with Crippen molar-refractivity contribution in [2.75, 3.05) is 0 Å². The maximum atomic E-state index is 12.3. The largest absolute Gasteiger partial charge is 0.294 e. The summed E-state index contributed by atoms with van der Waals surface area (Å²) in [5, 5.41) is 3.14. The summed E-state index contributed by atoms with van der Waals surface area (Å²) in [5.74, 6) is 0.577. The molecule has 1 heterocycles. The third-order valence-electron chi connectivity index (χ3n) is 3.58. The Morgan fingerprint density at radius 2 is 2.06 bits per heavy atom. The van der Waals surface area contributed by atoms with Gasteiger partial charge in [0, 0.05) is 26.9 Å². The first-order valence-electron chi connectivity index (χ1n) is 5.60. The van der Waals surface area contributed by atoms with Crippen molar-refractivity contribution >= 4 is 27.2 Å². The Morgan fingerprint density at radius 1 is 1.38 bits per heavy atom. The van der Waals surface area contributed by atoms with E-state index in [0.717, 1.165) is 17.4 Å². The number of carbonyl (C=O) groups excluding carboxylic acids is 1. The van der Waals surface area contributed by atoms with Gasteiger partial charge in [0.15, 0.2) is 5.78 Å². The summed E-state index contributed by atoms with van der Waals surface area (Å²) in [7, 11) is 0. The number of hydrogen-bond acceptors (Lipinski definition) is 2. The highest BCUT2D eigenvalue weighted by Crippen LogP contribution is 2.53. The lowest BCUT2D eigenvalue weighted by molar-refractivity contribution is 0.0955. The molecule has 1 atom stereocenters. The van der Waals surface area contributed by atoms with Crippen LogP contribution in [0, 0.1) is 11.3 Å². The molecule has 0 aliphatic heterocycles. The molecule has 0 amide bonds. The van der Waals surface area contributed by atoms with Crippen LogP contribution >= 0.6 is 11.3 Å². The average Bonchev–Trinajstić information content (AvgIpc) is 2.74. The molecule has 0 saturated heterocycles. The van der Waals surface area contributed by atoms with Crippen molar-refractivity contribution in [1.29, 1.82) is 0 Å². The maximum absolute atomic E-state index is 12.3. The summed E-state index contributed by atoms with van der Waals surface area (Å²) in [6, 6.07) is 8.15. The van der Waals surface area contributed by atoms with Gasteiger partial charge in [-0.3, -0.25) is 4.79 Å². The molecule has 0 bridgehead atoms. The van der Waals surface area contributed by atoms with Crippen molar-refractivity contribution < 1.29 is 4.79 Å². The van der Waals surface area contributed by atoms with Crippen molar-refractivity contribution in [3.63, 3.8) is 0 Å². The van der Waals surface area contributed by atoms with Crippen LogP contribution in [0.15, 0.2) is 29.6 Å². The lowest BCUT2D eigenvalue weighted by Crippen LogP contribution is -2.05. The maximum Gasteiger partial charge on any atom is 0.167 e. The van der Waals surface area contributed by atoms with Crippen molar-refractivity contribution in [1.82, 2.24) is 0 Å². The van der Waals surface area contributed by atoms with E-state index in [1.807, 2.05) is 17.5 Å². The molecule has 1 fully saturated rings. The molecule has 1 aliphatic rings. The molecule has 82 valence electrons. The quantitative estimate of drug-likeness (QED) is 0.709. The fourth-order valence-corrected chi connectivity index (χ4v) is 3.22. The number of ketones is 1. The van der Waals surface area contributed by atoms with Crippen LogP contribution in [0.25, 0.3) is 10.1 Å². The number of fused-ring (bicyclic) bond motifs is 1. The molecule has 1 aromatic carbocycles. The van der Waals surface area contributed by atoms with Gasteiger partial charge in [-0.1, -0.05) is 32.0 Å². The molecular weight excluding hydrogens is 216 g/mol. The van der Waals surface area contributed by atoms with E-state index >= 15 is 0 Å². The van der Waals surface area contributed by atoms with Gasteiger partial charge in [-0.2, -0.15) is 0 Å². The van der Waals surface area contributed by atoms with Crippen LogP contribution in [0.2, 0.25) is 0 Å². The number of rotatable bonds is 2. The SMILES string of the molecule is CC1(C)CC1C(=O)c1csc2ccccc12. The molecule has 2 aromatic rings. The number of carbonyl (C=O) groups is 1. The Morgan fingerprint density at radius 3 is 2.75 bits per heavy atom. The Kier molecular flexibility index (Phi) is 1.99. The van der Waals surface area contributed by atoms with E-state index in [4.69, 9.17) is 0 Å². The number of thiophene rings is 1. The second kappa shape index (κ2) is 3.17. The van der Waals surface area contributed by atoms with E-state index in [-0.39, 0.29) is 11.3 Å². The van der Waals surface area contributed by atoms with Crippen molar-refractivity contribution in [3.8, 4) is 0 Å². The Bertz CT molecular complexity index is 565. The molecule has 0 spiro atoms. The molecule has 2 heteroatoms. The first-order valence-corrected chi connectivity index (χ1v) is 6.48. The van der Waals surface area contributed by atoms with Crippen molar-refractivity contribution in [2.24, 2.45) is 11.3 Å². The number of hydrogen-bond donors (Lipinski definition) is 0. The van der Waals surface area contributed by atoms with Gasteiger partial charge >= 0.3 is 0 Å². The Labute approximate surface area is 99.1 Å². The lowest BCUT2D eigenvalue weighted by Gasteiger charge is -2.01. The minimum Gasteiger partial charge on any atom is -0.294 e. The van der Waals surface area contributed by atoms with Crippen LogP contribution in [-0.4, -0.2) is 5.78 Å². The zero-order valence-electron chi connectivity index (χ0n) is 9.49. The van der Waals surface area contributed by atoms with E-state index in [2.05, 4.69) is 26.0 Å². The molecule has 0 N–H and O–H groups in total. The molecule has 0 radical (unpaired) electrons. The van der Waals surface area contributed by atoms with E-state index in [9.17, 15) is 4.79 Å². The third kappa shape index (κ3) is 1.40. The fourth-order valence-electron chi connectivity index (χ4n) is 2.27. The van der Waals surface area contributed by atoms with Gasteiger partial charge in [-0.25, -0.2) is 0 Å². The summed E-state index contributed by atoms with van der Waals surface area (Å²) in [5.41, 5.74) is 1.15. The monoisotopic (exact) mass is 230 g/mol. The predicted molar refractivity (Wildman–Crippen MR) is 68.0 cm³/mol. The average molecular weight is 230 g/mol. The van der Waals surface area contributed by atoms with Crippen LogP contribution in [0.3, 0.4) is 0 Å². The van der Waals surface area contributed by atoms with E-state index in [1.54, 1.807) is 11.3 Å². The van der Waals surface area contributed by atoms with Crippen molar-refractivity contribution in [2.45, 2.75) is 20.3 Å². The number of Topliss-reactive ketones (excluding diaryl/α,β-unsaturated/α-hetero) is 1. The second-order valence-electron chi connectivity index (χ2n) is 5.26. The molecule has 1 aliphatic carbocycles. The second-order valence-corrected chi connectivity index (χ2v) is 6.17. The first kappa shape index (κ1) is 10.0. The van der Waals surface area contributed by atoms with Crippen LogP contribution < -0.4 is 0 Å². The van der Waals surface area contributed by atoms with E-state index < -0.39 is 0 Å². The summed E-state index contributed by atoms with van der Waals surface area (Å²) in [6.07, 6.45) is 1.04. The van der Waals surface area contributed by atoms with Crippen LogP contribution in [0.1, 0.15) is 30.6 Å². The van der Waals surface area contributed by atoms with Gasteiger partial charge in [0.2, 0.25) is 0 Å². The zero-order valence-corrected chi connectivity index (χ0v) is 10.3. The first-order chi connectivity index (χ1) is 7.59. The Hall–Kier alpha value is -1.15. The summed E-state index contributed by atoms with van der Waals surface area (Å²) < 4.78 is 1.21. The van der Waals surface area contributed by atoms with Gasteiger partial charge in [0.05, 0.1) is 0 Å². The van der Waals surface area contributed by atoms with Gasteiger partial charge in [0.25, 0.3) is 0 Å². The molecular formula is C14H14OS. The molecule has 1 aromatic heterocycles. The number of benzene rings is 1. The van der Waals surface area contributed by atoms with Gasteiger partial charge < -0.3 is 0 Å². The topological polar surface area (TPSA) is 17.1 Å². The van der Waals surface area contributed by atoms with Gasteiger partial charge in [0.1, 0.15) is 0 Å². The zero-order chi connectivity index (χ0) is 11.3. The summed E-state index contributed by atoms with van der Waals surface area (Å²) >= 11 is 1.67. The highest BCUT2D eigenvalue weighted by molar-refractivity contribution is 7.17. The van der Waals surface area contributed by atoms with Crippen LogP contribution in [-0.2, 0) is 0 Å². The third-order valence-corrected chi connectivity index (χ3v) is 4.54. The van der Waals surface area contributed by atoms with E-state index in [0.29, 0.717) is 5.78 Å². The standard InChI is InChI=1S/C14H14OS/c1-14(2)7-11(14)13(15)10-8-16-12-6-4-3-5-9(10)12/h3-6,8,11H,7H2,1-2H3. The molecule has 16 heavy (non-hydrogen) atoms. The van der Waals surface area contributed by atoms with E-state index in [1.165, 1.54) is 4.70 Å². The predicted octanol–water partition coefficient (Wildman–Crippen LogP) is 4.13. The van der Waals surface area contributed by atoms with Gasteiger partial charge in [-0.05, 0) is 17.9 Å². The van der Waals surface area contributed by atoms with Gasteiger partial charge in [-0.15, -0.1) is 11.3 Å². The summed E-state index contributed by atoms with van der Waals surface area (Å²) in [6.45, 7) is 4.34. The fraction of sp³-hybridized carbons (Fsp3) is 0.357. The molecule has 3 rings (SSSR count). The smallest absolute Gasteiger partial charge is 0.167 e. The molecule has 1 nitrogen and oxygen atoms in total. The normalized spacial score (nSPS) is 22.2. The van der Waals surface area contributed by atoms with Crippen molar-refractivity contribution in [3.05, 3.63) is 35.2 Å². The Balaban J connectivity index is 2.04. The lowest BCUT2D eigenvalue weighted by atomic mass is 10.0. The minimum atomic E-state index is 0.222. The van der Waals surface area contributed by atoms with Crippen LogP contribution in [0.4, 0.5) is 0 Å². The summed E-state index contributed by atoms with van der Waals surface area (Å²) in [4.78, 5) is 12.3. The minimum absolute atomic E-state index is 0.222. The highest BCUT2D eigenvalue weighted by atomic mass is 32.1. The van der Waals surface area contributed by atoms with Crippen LogP contribution in [0.5, 0.6) is 0 Å². The molecule has 1 saturated carbocycles. The highest BCUT2D eigenvalue weighted by Gasteiger charge is 2.50.